The van der Waals surface area contributed by atoms with Crippen LogP contribution in [0.5, 0.6) is 0 Å². The molecule has 0 aliphatic rings. The minimum atomic E-state index is 0.819. The molecule has 0 aliphatic carbocycles. The maximum atomic E-state index is 5.25. The van der Waals surface area contributed by atoms with Gasteiger partial charge in [0, 0.05) is 5.69 Å². The van der Waals surface area contributed by atoms with Gasteiger partial charge in [0.1, 0.15) is 4.64 Å². The average molecular weight is 218 g/mol. The summed E-state index contributed by atoms with van der Waals surface area (Å²) < 4.78 is 2.85. The van der Waals surface area contributed by atoms with Gasteiger partial charge in [-0.3, -0.25) is 4.68 Å². The topological polar surface area (TPSA) is 20.7 Å². The van der Waals surface area contributed by atoms with E-state index in [1.54, 1.807) is 0 Å². The van der Waals surface area contributed by atoms with Crippen molar-refractivity contribution in [2.75, 3.05) is 0 Å². The molecule has 0 amide bonds. The normalized spacial score (nSPS) is 10.5. The summed E-state index contributed by atoms with van der Waals surface area (Å²) in [5.74, 6) is 0. The number of rotatable bonds is 2. The number of nitrogens with one attached hydrogen (secondary N) is 1. The van der Waals surface area contributed by atoms with Crippen molar-refractivity contribution in [3.8, 4) is 0 Å². The van der Waals surface area contributed by atoms with E-state index in [9.17, 15) is 0 Å². The van der Waals surface area contributed by atoms with E-state index in [4.69, 9.17) is 12.2 Å². The minimum absolute atomic E-state index is 0.819. The van der Waals surface area contributed by atoms with Crippen LogP contribution in [0.1, 0.15) is 16.8 Å². The standard InChI is InChI=1S/C12H14N2S/c1-9-5-3-4-6-11(9)8-14-12(15)7-10(2)13-14/h3-7,13H,8H2,1-2H3. The summed E-state index contributed by atoms with van der Waals surface area (Å²) in [5.41, 5.74) is 3.70. The lowest BCUT2D eigenvalue weighted by atomic mass is 10.1. The summed E-state index contributed by atoms with van der Waals surface area (Å²) in [6, 6.07) is 10.3. The fraction of sp³-hybridized carbons (Fsp3) is 0.250. The Morgan fingerprint density at radius 3 is 2.60 bits per heavy atom. The Kier molecular flexibility index (Phi) is 2.73. The molecular formula is C12H14N2S. The number of aromatic nitrogens is 2. The molecule has 0 atom stereocenters. The highest BCUT2D eigenvalue weighted by molar-refractivity contribution is 7.71. The molecule has 0 unspecified atom stereocenters. The predicted octanol–water partition coefficient (Wildman–Crippen LogP) is 3.21. The van der Waals surface area contributed by atoms with E-state index in [0.29, 0.717) is 0 Å². The SMILES string of the molecule is Cc1cc(=S)n(Cc2ccccc2C)[nH]1. The molecule has 2 rings (SSSR count). The van der Waals surface area contributed by atoms with E-state index in [-0.39, 0.29) is 0 Å². The zero-order valence-corrected chi connectivity index (χ0v) is 9.77. The Morgan fingerprint density at radius 1 is 1.27 bits per heavy atom. The molecule has 0 bridgehead atoms. The Balaban J connectivity index is 2.34. The largest absolute Gasteiger partial charge is 0.302 e. The molecule has 0 spiro atoms. The molecule has 2 aromatic rings. The Morgan fingerprint density at radius 2 is 2.00 bits per heavy atom. The summed E-state index contributed by atoms with van der Waals surface area (Å²) in [7, 11) is 0. The lowest BCUT2D eigenvalue weighted by Crippen LogP contribution is -2.03. The second-order valence-corrected chi connectivity index (χ2v) is 4.21. The van der Waals surface area contributed by atoms with E-state index in [1.165, 1.54) is 11.1 Å². The van der Waals surface area contributed by atoms with Crippen molar-refractivity contribution in [1.29, 1.82) is 0 Å². The fourth-order valence-corrected chi connectivity index (χ4v) is 1.93. The van der Waals surface area contributed by atoms with E-state index < -0.39 is 0 Å². The van der Waals surface area contributed by atoms with Gasteiger partial charge < -0.3 is 5.10 Å². The molecule has 0 saturated carbocycles. The Hall–Kier alpha value is -1.35. The van der Waals surface area contributed by atoms with E-state index in [2.05, 4.69) is 36.3 Å². The van der Waals surface area contributed by atoms with Crippen molar-refractivity contribution in [3.05, 3.63) is 51.8 Å². The monoisotopic (exact) mass is 218 g/mol. The quantitative estimate of drug-likeness (QED) is 0.768. The third kappa shape index (κ3) is 2.18. The van der Waals surface area contributed by atoms with Crippen molar-refractivity contribution >= 4 is 12.2 Å². The van der Waals surface area contributed by atoms with Crippen LogP contribution in [-0.2, 0) is 6.54 Å². The first kappa shape index (κ1) is 10.2. The van der Waals surface area contributed by atoms with E-state index in [1.807, 2.05) is 17.7 Å². The Bertz CT molecular complexity index is 522. The molecule has 15 heavy (non-hydrogen) atoms. The van der Waals surface area contributed by atoms with Crippen LogP contribution in [0.25, 0.3) is 0 Å². The summed E-state index contributed by atoms with van der Waals surface area (Å²) >= 11 is 5.25. The van der Waals surface area contributed by atoms with Crippen molar-refractivity contribution in [2.24, 2.45) is 0 Å². The number of aromatic amines is 1. The summed E-state index contributed by atoms with van der Waals surface area (Å²) in [6.45, 7) is 4.96. The maximum Gasteiger partial charge on any atom is 0.122 e. The second kappa shape index (κ2) is 4.03. The molecule has 3 heteroatoms. The van der Waals surface area contributed by atoms with Crippen LogP contribution >= 0.6 is 12.2 Å². The molecule has 2 nitrogen and oxygen atoms in total. The van der Waals surface area contributed by atoms with Crippen LogP contribution < -0.4 is 0 Å². The lowest BCUT2D eigenvalue weighted by molar-refractivity contribution is 0.668. The highest BCUT2D eigenvalue weighted by Gasteiger charge is 2.00. The van der Waals surface area contributed by atoms with Crippen molar-refractivity contribution in [1.82, 2.24) is 9.78 Å². The molecule has 0 radical (unpaired) electrons. The lowest BCUT2D eigenvalue weighted by Gasteiger charge is -2.06. The van der Waals surface area contributed by atoms with Gasteiger partial charge in [-0.15, -0.1) is 0 Å². The van der Waals surface area contributed by atoms with Crippen molar-refractivity contribution in [2.45, 2.75) is 20.4 Å². The number of nitrogens with zero attached hydrogens (tertiary/aromatic N) is 1. The smallest absolute Gasteiger partial charge is 0.122 e. The van der Waals surface area contributed by atoms with Crippen LogP contribution in [0, 0.1) is 18.5 Å². The van der Waals surface area contributed by atoms with E-state index >= 15 is 0 Å². The molecule has 0 aliphatic heterocycles. The third-order valence-electron chi connectivity index (χ3n) is 2.51. The molecule has 1 aromatic heterocycles. The molecular weight excluding hydrogens is 204 g/mol. The molecule has 1 N–H and O–H groups in total. The molecule has 1 aromatic carbocycles. The molecule has 1 heterocycles. The van der Waals surface area contributed by atoms with Crippen LogP contribution in [0.3, 0.4) is 0 Å². The van der Waals surface area contributed by atoms with Gasteiger partial charge in [-0.05, 0) is 31.0 Å². The molecule has 0 fully saturated rings. The van der Waals surface area contributed by atoms with Crippen LogP contribution in [0.4, 0.5) is 0 Å². The summed E-state index contributed by atoms with van der Waals surface area (Å²) in [6.07, 6.45) is 0. The number of hydrogen-bond donors (Lipinski definition) is 1. The first-order valence-electron chi connectivity index (χ1n) is 4.98. The van der Waals surface area contributed by atoms with Crippen LogP contribution in [0.2, 0.25) is 0 Å². The van der Waals surface area contributed by atoms with Gasteiger partial charge in [0.05, 0.1) is 6.54 Å². The maximum absolute atomic E-state index is 5.25. The number of benzene rings is 1. The number of aryl methyl sites for hydroxylation is 2. The fourth-order valence-electron chi connectivity index (χ4n) is 1.64. The van der Waals surface area contributed by atoms with Gasteiger partial charge in [-0.1, -0.05) is 36.5 Å². The number of H-pyrrole nitrogens is 1. The second-order valence-electron chi connectivity index (χ2n) is 3.79. The first-order chi connectivity index (χ1) is 7.16. The summed E-state index contributed by atoms with van der Waals surface area (Å²) in [5, 5.41) is 3.23. The zero-order chi connectivity index (χ0) is 10.8. The van der Waals surface area contributed by atoms with Crippen molar-refractivity contribution in [3.63, 3.8) is 0 Å². The van der Waals surface area contributed by atoms with Crippen molar-refractivity contribution < 1.29 is 0 Å². The zero-order valence-electron chi connectivity index (χ0n) is 8.95. The number of hydrogen-bond acceptors (Lipinski definition) is 1. The van der Waals surface area contributed by atoms with Gasteiger partial charge in [0.2, 0.25) is 0 Å². The highest BCUT2D eigenvalue weighted by atomic mass is 32.1. The minimum Gasteiger partial charge on any atom is -0.302 e. The highest BCUT2D eigenvalue weighted by Crippen LogP contribution is 2.09. The third-order valence-corrected chi connectivity index (χ3v) is 2.85. The van der Waals surface area contributed by atoms with Gasteiger partial charge in [-0.2, -0.15) is 0 Å². The molecule has 0 saturated heterocycles. The summed E-state index contributed by atoms with van der Waals surface area (Å²) in [4.78, 5) is 0. The Labute approximate surface area is 94.5 Å². The first-order valence-corrected chi connectivity index (χ1v) is 5.38. The predicted molar refractivity (Wildman–Crippen MR) is 64.6 cm³/mol. The van der Waals surface area contributed by atoms with Gasteiger partial charge >= 0.3 is 0 Å². The van der Waals surface area contributed by atoms with Crippen LogP contribution in [-0.4, -0.2) is 9.78 Å². The van der Waals surface area contributed by atoms with Gasteiger partial charge in [0.25, 0.3) is 0 Å². The van der Waals surface area contributed by atoms with Gasteiger partial charge in [0.15, 0.2) is 0 Å². The van der Waals surface area contributed by atoms with Crippen LogP contribution in [0.15, 0.2) is 30.3 Å². The van der Waals surface area contributed by atoms with E-state index in [0.717, 1.165) is 16.9 Å². The molecule has 78 valence electrons. The van der Waals surface area contributed by atoms with Gasteiger partial charge in [-0.25, -0.2) is 0 Å². The average Bonchev–Trinajstić information content (AvgIpc) is 2.49.